The summed E-state index contributed by atoms with van der Waals surface area (Å²) >= 11 is 0. The number of carbonyl (C=O) groups is 2. The molecule has 2 heterocycles. The Balaban J connectivity index is 0.000000853. The Bertz CT molecular complexity index is 296. The summed E-state index contributed by atoms with van der Waals surface area (Å²) in [5, 5.41) is 19.0. The van der Waals surface area contributed by atoms with Gasteiger partial charge in [-0.15, -0.1) is 0 Å². The average Bonchev–Trinajstić information content (AvgIpc) is 2.71. The van der Waals surface area contributed by atoms with Gasteiger partial charge in [0.1, 0.15) is 23.8 Å². The number of ether oxygens (including phenoxy) is 1. The van der Waals surface area contributed by atoms with E-state index in [4.69, 9.17) is 4.74 Å². The maximum atomic E-state index is 11.4. The van der Waals surface area contributed by atoms with Crippen molar-refractivity contribution in [1.29, 1.82) is 0 Å². The van der Waals surface area contributed by atoms with Crippen LogP contribution in [0.15, 0.2) is 0 Å². The van der Waals surface area contributed by atoms with Crippen molar-refractivity contribution in [3.8, 4) is 0 Å². The van der Waals surface area contributed by atoms with Crippen LogP contribution in [0, 0.1) is 11.8 Å². The fourth-order valence-corrected chi connectivity index (χ4v) is 2.91. The van der Waals surface area contributed by atoms with E-state index in [0.29, 0.717) is 0 Å². The lowest BCUT2D eigenvalue weighted by molar-refractivity contribution is -0.125. The van der Waals surface area contributed by atoms with Crippen molar-refractivity contribution in [2.75, 3.05) is 0 Å². The molecular weight excluding hydrogens is 200 g/mol. The molecule has 0 radical (unpaired) electrons. The van der Waals surface area contributed by atoms with E-state index in [2.05, 4.69) is 0 Å². The van der Waals surface area contributed by atoms with Crippen LogP contribution in [-0.4, -0.2) is 46.2 Å². The predicted octanol–water partition coefficient (Wildman–Crippen LogP) is -1.10. The molecule has 3 rings (SSSR count). The molecule has 2 saturated heterocycles. The number of rotatable bonds is 0. The maximum absolute atomic E-state index is 11.4. The van der Waals surface area contributed by atoms with Gasteiger partial charge in [0.05, 0.1) is 30.5 Å². The predicted molar refractivity (Wildman–Crippen MR) is 49.0 cm³/mol. The van der Waals surface area contributed by atoms with Crippen molar-refractivity contribution < 1.29 is 24.5 Å². The third-order valence-corrected chi connectivity index (χ3v) is 3.52. The van der Waals surface area contributed by atoms with E-state index in [0.717, 1.165) is 0 Å². The van der Waals surface area contributed by atoms with Crippen LogP contribution in [0.2, 0.25) is 0 Å². The van der Waals surface area contributed by atoms with Gasteiger partial charge in [-0.05, 0) is 0 Å². The molecule has 0 aromatic carbocycles. The minimum atomic E-state index is -1.02. The molecule has 3 aliphatic rings. The number of hydrogen-bond donors (Lipinski definition) is 2. The van der Waals surface area contributed by atoms with Gasteiger partial charge in [-0.3, -0.25) is 9.59 Å². The van der Waals surface area contributed by atoms with Gasteiger partial charge in [0.25, 0.3) is 0 Å². The maximum Gasteiger partial charge on any atom is 0.146 e. The number of fused-ring (bicyclic) bond motifs is 5. The topological polar surface area (TPSA) is 83.8 Å². The lowest BCUT2D eigenvalue weighted by Crippen LogP contribution is -2.47. The molecule has 84 valence electrons. The van der Waals surface area contributed by atoms with Crippen molar-refractivity contribution in [2.24, 2.45) is 11.8 Å². The summed E-state index contributed by atoms with van der Waals surface area (Å²) in [4.78, 5) is 22.8. The Morgan fingerprint density at radius 3 is 1.80 bits per heavy atom. The summed E-state index contributed by atoms with van der Waals surface area (Å²) in [5.41, 5.74) is 0. The van der Waals surface area contributed by atoms with E-state index in [9.17, 15) is 19.8 Å². The Morgan fingerprint density at radius 2 is 1.40 bits per heavy atom. The van der Waals surface area contributed by atoms with Crippen LogP contribution >= 0.6 is 0 Å². The first kappa shape index (κ1) is 10.7. The molecule has 0 aromatic rings. The zero-order chi connectivity index (χ0) is 10.0. The SMILES string of the molecule is C.O=C1CC(=O)C2C3OC(C(O)C3O)C12. The highest BCUT2D eigenvalue weighted by atomic mass is 16.6. The first-order valence-corrected chi connectivity index (χ1v) is 4.68. The van der Waals surface area contributed by atoms with Gasteiger partial charge >= 0.3 is 0 Å². The highest BCUT2D eigenvalue weighted by Gasteiger charge is 2.65. The fraction of sp³-hybridized carbons (Fsp3) is 0.800. The summed E-state index contributed by atoms with van der Waals surface area (Å²) in [6.07, 6.45) is -3.43. The Hall–Kier alpha value is -0.780. The number of hydrogen-bond acceptors (Lipinski definition) is 5. The van der Waals surface area contributed by atoms with Crippen molar-refractivity contribution in [3.05, 3.63) is 0 Å². The number of ketones is 2. The van der Waals surface area contributed by atoms with Crippen molar-refractivity contribution in [1.82, 2.24) is 0 Å². The molecule has 2 aliphatic heterocycles. The van der Waals surface area contributed by atoms with Crippen LogP contribution in [0.25, 0.3) is 0 Å². The molecule has 1 aliphatic carbocycles. The smallest absolute Gasteiger partial charge is 0.146 e. The van der Waals surface area contributed by atoms with Crippen LogP contribution in [0.5, 0.6) is 0 Å². The number of aliphatic hydroxyl groups excluding tert-OH is 2. The Morgan fingerprint density at radius 1 is 1.00 bits per heavy atom. The van der Waals surface area contributed by atoms with Crippen molar-refractivity contribution in [2.45, 2.75) is 38.3 Å². The molecule has 2 N–H and O–H groups in total. The molecule has 15 heavy (non-hydrogen) atoms. The van der Waals surface area contributed by atoms with Gasteiger partial charge in [0.2, 0.25) is 0 Å². The molecule has 5 heteroatoms. The summed E-state index contributed by atoms with van der Waals surface area (Å²) in [7, 11) is 0. The van der Waals surface area contributed by atoms with E-state index < -0.39 is 36.3 Å². The van der Waals surface area contributed by atoms with E-state index in [1.807, 2.05) is 0 Å². The van der Waals surface area contributed by atoms with Gasteiger partial charge in [0, 0.05) is 0 Å². The molecule has 5 nitrogen and oxygen atoms in total. The minimum Gasteiger partial charge on any atom is -0.388 e. The number of carbonyl (C=O) groups excluding carboxylic acids is 2. The van der Waals surface area contributed by atoms with E-state index in [1.165, 1.54) is 0 Å². The van der Waals surface area contributed by atoms with Gasteiger partial charge in [-0.1, -0.05) is 7.43 Å². The third-order valence-electron chi connectivity index (χ3n) is 3.52. The normalized spacial score (nSPS) is 51.9. The zero-order valence-electron chi connectivity index (χ0n) is 7.29. The second-order valence-corrected chi connectivity index (χ2v) is 4.21. The van der Waals surface area contributed by atoms with Gasteiger partial charge < -0.3 is 14.9 Å². The highest BCUT2D eigenvalue weighted by Crippen LogP contribution is 2.48. The highest BCUT2D eigenvalue weighted by molar-refractivity contribution is 6.09. The molecule has 2 bridgehead atoms. The molecule has 0 aromatic heterocycles. The minimum absolute atomic E-state index is 0. The standard InChI is InChI=1S/C9H10O5.CH4/c10-2-1-3(11)5-4(2)8-6(12)7(13)9(5)14-8;/h4-9,12-13H,1H2;1H4. The lowest BCUT2D eigenvalue weighted by atomic mass is 9.78. The molecule has 0 amide bonds. The monoisotopic (exact) mass is 214 g/mol. The number of Topliss-reactive ketones (excluding diaryl/α,β-unsaturated/α-hetero) is 2. The number of aliphatic hydroxyl groups is 2. The van der Waals surface area contributed by atoms with Crippen LogP contribution < -0.4 is 0 Å². The molecule has 6 atom stereocenters. The first-order chi connectivity index (χ1) is 6.61. The summed E-state index contributed by atoms with van der Waals surface area (Å²) in [6.45, 7) is 0. The summed E-state index contributed by atoms with van der Waals surface area (Å²) < 4.78 is 5.26. The molecule has 3 fully saturated rings. The molecule has 6 unspecified atom stereocenters. The van der Waals surface area contributed by atoms with Crippen LogP contribution in [0.4, 0.5) is 0 Å². The second-order valence-electron chi connectivity index (χ2n) is 4.21. The van der Waals surface area contributed by atoms with E-state index >= 15 is 0 Å². The summed E-state index contributed by atoms with van der Waals surface area (Å²) in [6, 6.07) is 0. The third kappa shape index (κ3) is 1.08. The Labute approximate surface area is 87.0 Å². The Kier molecular flexibility index (Phi) is 2.22. The van der Waals surface area contributed by atoms with Crippen molar-refractivity contribution in [3.63, 3.8) is 0 Å². The van der Waals surface area contributed by atoms with Crippen molar-refractivity contribution >= 4 is 11.6 Å². The lowest BCUT2D eigenvalue weighted by Gasteiger charge is -2.26. The van der Waals surface area contributed by atoms with E-state index in [-0.39, 0.29) is 25.4 Å². The van der Waals surface area contributed by atoms with Crippen LogP contribution in [0.3, 0.4) is 0 Å². The van der Waals surface area contributed by atoms with Crippen LogP contribution in [0.1, 0.15) is 13.8 Å². The largest absolute Gasteiger partial charge is 0.388 e. The molecule has 1 saturated carbocycles. The fourth-order valence-electron chi connectivity index (χ4n) is 2.91. The van der Waals surface area contributed by atoms with Gasteiger partial charge in [-0.25, -0.2) is 0 Å². The van der Waals surface area contributed by atoms with Crippen LogP contribution in [-0.2, 0) is 14.3 Å². The van der Waals surface area contributed by atoms with E-state index in [1.54, 1.807) is 0 Å². The molecular formula is C10H14O5. The second kappa shape index (κ2) is 3.10. The zero-order valence-corrected chi connectivity index (χ0v) is 7.29. The van der Waals surface area contributed by atoms with Gasteiger partial charge in [0.15, 0.2) is 0 Å². The average molecular weight is 214 g/mol. The van der Waals surface area contributed by atoms with Gasteiger partial charge in [-0.2, -0.15) is 0 Å². The quantitative estimate of drug-likeness (QED) is 0.500. The summed E-state index contributed by atoms with van der Waals surface area (Å²) in [5.74, 6) is -1.33. The molecule has 0 spiro atoms. The first-order valence-electron chi connectivity index (χ1n) is 4.68.